The Balaban J connectivity index is 1.48. The highest BCUT2D eigenvalue weighted by molar-refractivity contribution is 7.14. The summed E-state index contributed by atoms with van der Waals surface area (Å²) in [7, 11) is 0. The quantitative estimate of drug-likeness (QED) is 0.757. The summed E-state index contributed by atoms with van der Waals surface area (Å²) in [5.41, 5.74) is 0.940. The lowest BCUT2D eigenvalue weighted by molar-refractivity contribution is 0.203. The molecule has 1 aromatic heterocycles. The number of hydrogen-bond donors (Lipinski definition) is 3. The van der Waals surface area contributed by atoms with Gasteiger partial charge in [-0.15, -0.1) is 10.2 Å². The molecule has 1 aliphatic rings. The minimum absolute atomic E-state index is 0.0828. The first-order valence-electron chi connectivity index (χ1n) is 7.21. The van der Waals surface area contributed by atoms with Crippen LogP contribution in [-0.2, 0) is 6.54 Å². The number of carbonyl (C=O) groups excluding carboxylic acids is 1. The summed E-state index contributed by atoms with van der Waals surface area (Å²) < 4.78 is 0. The van der Waals surface area contributed by atoms with Crippen LogP contribution < -0.4 is 10.6 Å². The Morgan fingerprint density at radius 3 is 2.68 bits per heavy atom. The van der Waals surface area contributed by atoms with E-state index in [0.29, 0.717) is 13.1 Å². The Kier molecular flexibility index (Phi) is 4.35. The fraction of sp³-hybridized carbons (Fsp3) is 0.400. The molecule has 1 heterocycles. The molecule has 1 aliphatic carbocycles. The lowest BCUT2D eigenvalue weighted by atomic mass is 10.1. The number of hydrogen-bond acceptors (Lipinski definition) is 5. The Labute approximate surface area is 132 Å². The highest BCUT2D eigenvalue weighted by Gasteiger charge is 2.42. The first kappa shape index (κ1) is 14.9. The normalized spacial score (nSPS) is 15.3. The van der Waals surface area contributed by atoms with Crippen LogP contribution in [0.25, 0.3) is 10.6 Å². The number of aliphatic hydroxyl groups excluding tert-OH is 1. The Morgan fingerprint density at radius 1 is 1.23 bits per heavy atom. The monoisotopic (exact) mass is 318 g/mol. The van der Waals surface area contributed by atoms with Crippen molar-refractivity contribution in [2.75, 3.05) is 13.2 Å². The van der Waals surface area contributed by atoms with Crippen molar-refractivity contribution in [3.8, 4) is 10.6 Å². The van der Waals surface area contributed by atoms with Crippen LogP contribution in [-0.4, -0.2) is 34.5 Å². The van der Waals surface area contributed by atoms with Crippen molar-refractivity contribution < 1.29 is 9.90 Å². The van der Waals surface area contributed by atoms with E-state index in [4.69, 9.17) is 0 Å². The molecule has 116 valence electrons. The van der Waals surface area contributed by atoms with E-state index in [0.717, 1.165) is 28.4 Å². The van der Waals surface area contributed by atoms with E-state index >= 15 is 0 Å². The maximum absolute atomic E-state index is 11.7. The molecular weight excluding hydrogens is 300 g/mol. The van der Waals surface area contributed by atoms with Crippen LogP contribution in [0.4, 0.5) is 4.79 Å². The van der Waals surface area contributed by atoms with Crippen LogP contribution in [0.15, 0.2) is 30.3 Å². The summed E-state index contributed by atoms with van der Waals surface area (Å²) >= 11 is 1.46. The minimum atomic E-state index is -0.240. The third-order valence-corrected chi connectivity index (χ3v) is 4.78. The fourth-order valence-corrected chi connectivity index (χ4v) is 2.86. The SMILES string of the molecule is O=C(NCc1nnc(-c2ccccc2)s1)NCC1(CO)CC1. The highest BCUT2D eigenvalue weighted by Crippen LogP contribution is 2.44. The average molecular weight is 318 g/mol. The van der Waals surface area contributed by atoms with E-state index in [1.54, 1.807) is 0 Å². The average Bonchev–Trinajstić information content (AvgIpc) is 3.20. The third-order valence-electron chi connectivity index (χ3n) is 3.80. The molecule has 0 aliphatic heterocycles. The molecule has 0 atom stereocenters. The molecule has 3 rings (SSSR count). The number of aliphatic hydroxyl groups is 1. The number of urea groups is 1. The van der Waals surface area contributed by atoms with Gasteiger partial charge < -0.3 is 15.7 Å². The Morgan fingerprint density at radius 2 is 2.00 bits per heavy atom. The van der Waals surface area contributed by atoms with Crippen molar-refractivity contribution in [3.63, 3.8) is 0 Å². The molecule has 0 radical (unpaired) electrons. The van der Waals surface area contributed by atoms with Gasteiger partial charge in [-0.2, -0.15) is 0 Å². The predicted octanol–water partition coefficient (Wildman–Crippen LogP) is 1.78. The minimum Gasteiger partial charge on any atom is -0.396 e. The summed E-state index contributed by atoms with van der Waals surface area (Å²) in [5.74, 6) is 0. The molecule has 2 amide bonds. The molecule has 3 N–H and O–H groups in total. The van der Waals surface area contributed by atoms with Gasteiger partial charge in [0.25, 0.3) is 0 Å². The molecule has 7 heteroatoms. The number of carbonyl (C=O) groups is 1. The van der Waals surface area contributed by atoms with E-state index in [-0.39, 0.29) is 18.1 Å². The maximum Gasteiger partial charge on any atom is 0.315 e. The number of benzene rings is 1. The van der Waals surface area contributed by atoms with Crippen LogP contribution in [0, 0.1) is 5.41 Å². The first-order valence-corrected chi connectivity index (χ1v) is 8.03. The van der Waals surface area contributed by atoms with Crippen LogP contribution >= 0.6 is 11.3 Å². The van der Waals surface area contributed by atoms with Gasteiger partial charge >= 0.3 is 6.03 Å². The molecule has 0 unspecified atom stereocenters. The topological polar surface area (TPSA) is 87.1 Å². The van der Waals surface area contributed by atoms with Crippen LogP contribution in [0.1, 0.15) is 17.8 Å². The van der Waals surface area contributed by atoms with Gasteiger partial charge in [-0.3, -0.25) is 0 Å². The van der Waals surface area contributed by atoms with Crippen LogP contribution in [0.5, 0.6) is 0 Å². The highest BCUT2D eigenvalue weighted by atomic mass is 32.1. The summed E-state index contributed by atoms with van der Waals surface area (Å²) in [6.45, 7) is 0.993. The first-order chi connectivity index (χ1) is 10.7. The molecule has 2 aromatic rings. The lowest BCUT2D eigenvalue weighted by Crippen LogP contribution is -2.39. The molecule has 0 spiro atoms. The maximum atomic E-state index is 11.7. The number of amides is 2. The number of nitrogens with zero attached hydrogens (tertiary/aromatic N) is 2. The van der Waals surface area contributed by atoms with Crippen molar-refractivity contribution in [1.29, 1.82) is 0 Å². The van der Waals surface area contributed by atoms with Crippen molar-refractivity contribution in [2.45, 2.75) is 19.4 Å². The zero-order valence-corrected chi connectivity index (χ0v) is 12.9. The van der Waals surface area contributed by atoms with Gasteiger partial charge in [-0.05, 0) is 12.8 Å². The number of rotatable bonds is 6. The van der Waals surface area contributed by atoms with Crippen LogP contribution in [0.3, 0.4) is 0 Å². The smallest absolute Gasteiger partial charge is 0.315 e. The van der Waals surface area contributed by atoms with Crippen molar-refractivity contribution in [3.05, 3.63) is 35.3 Å². The van der Waals surface area contributed by atoms with Crippen molar-refractivity contribution in [2.24, 2.45) is 5.41 Å². The van der Waals surface area contributed by atoms with Crippen molar-refractivity contribution >= 4 is 17.4 Å². The fourth-order valence-electron chi connectivity index (χ4n) is 2.08. The molecule has 0 saturated heterocycles. The summed E-state index contributed by atoms with van der Waals surface area (Å²) in [4.78, 5) is 11.7. The van der Waals surface area contributed by atoms with Crippen molar-refractivity contribution in [1.82, 2.24) is 20.8 Å². The van der Waals surface area contributed by atoms with Crippen LogP contribution in [0.2, 0.25) is 0 Å². The van der Waals surface area contributed by atoms with Gasteiger partial charge in [0.05, 0.1) is 13.2 Å². The van der Waals surface area contributed by atoms with E-state index in [1.165, 1.54) is 11.3 Å². The summed E-state index contributed by atoms with van der Waals surface area (Å²) in [6.07, 6.45) is 1.95. The molecular formula is C15H18N4O2S. The van der Waals surface area contributed by atoms with E-state index in [1.807, 2.05) is 30.3 Å². The molecule has 1 saturated carbocycles. The van der Waals surface area contributed by atoms with Gasteiger partial charge in [0, 0.05) is 17.5 Å². The molecule has 22 heavy (non-hydrogen) atoms. The summed E-state index contributed by atoms with van der Waals surface area (Å²) in [5, 5.41) is 24.6. The van der Waals surface area contributed by atoms with E-state index in [2.05, 4.69) is 20.8 Å². The van der Waals surface area contributed by atoms with Gasteiger partial charge in [-0.1, -0.05) is 41.7 Å². The second-order valence-electron chi connectivity index (χ2n) is 5.56. The van der Waals surface area contributed by atoms with E-state index < -0.39 is 0 Å². The largest absolute Gasteiger partial charge is 0.396 e. The van der Waals surface area contributed by atoms with E-state index in [9.17, 15) is 9.90 Å². The molecule has 0 bridgehead atoms. The summed E-state index contributed by atoms with van der Waals surface area (Å²) in [6, 6.07) is 9.59. The van der Waals surface area contributed by atoms with Gasteiger partial charge in [-0.25, -0.2) is 4.79 Å². The molecule has 1 aromatic carbocycles. The Bertz CT molecular complexity index is 640. The van der Waals surface area contributed by atoms with Gasteiger partial charge in [0.1, 0.15) is 10.0 Å². The van der Waals surface area contributed by atoms with Gasteiger partial charge in [0.2, 0.25) is 0 Å². The number of nitrogens with one attached hydrogen (secondary N) is 2. The zero-order valence-electron chi connectivity index (χ0n) is 12.1. The second-order valence-corrected chi connectivity index (χ2v) is 6.62. The second kappa shape index (κ2) is 6.41. The lowest BCUT2D eigenvalue weighted by Gasteiger charge is -2.12. The predicted molar refractivity (Wildman–Crippen MR) is 84.3 cm³/mol. The Hall–Kier alpha value is -1.99. The molecule has 1 fully saturated rings. The standard InChI is InChI=1S/C15H18N4O2S/c20-10-15(6-7-15)9-17-14(21)16-8-12-18-19-13(22-12)11-4-2-1-3-5-11/h1-5,20H,6-10H2,(H2,16,17,21). The third kappa shape index (κ3) is 3.61. The molecule has 6 nitrogen and oxygen atoms in total. The number of aromatic nitrogens is 2. The zero-order chi connectivity index (χ0) is 15.4. The van der Waals surface area contributed by atoms with Gasteiger partial charge in [0.15, 0.2) is 0 Å².